The van der Waals surface area contributed by atoms with Gasteiger partial charge in [0, 0.05) is 56.5 Å². The minimum atomic E-state index is -3.40. The fourth-order valence-corrected chi connectivity index (χ4v) is 4.94. The molecule has 1 amide bonds. The fraction of sp³-hybridized carbons (Fsp3) is 0.611. The van der Waals surface area contributed by atoms with E-state index in [1.54, 1.807) is 29.2 Å². The number of nitrogens with zero attached hydrogens (tertiary/aromatic N) is 2. The molecule has 0 bridgehead atoms. The summed E-state index contributed by atoms with van der Waals surface area (Å²) in [5.74, 6) is -0.281. The van der Waals surface area contributed by atoms with E-state index in [1.807, 2.05) is 0 Å². The maximum Gasteiger partial charge on any atom is 0.253 e. The summed E-state index contributed by atoms with van der Waals surface area (Å²) in [5.41, 5.74) is 0.497. The van der Waals surface area contributed by atoms with Crippen LogP contribution in [-0.4, -0.2) is 81.3 Å². The third kappa shape index (κ3) is 5.65. The van der Waals surface area contributed by atoms with Crippen LogP contribution in [0, 0.1) is 0 Å². The van der Waals surface area contributed by atoms with Gasteiger partial charge in [0.05, 0.1) is 11.9 Å². The van der Waals surface area contributed by atoms with E-state index in [0.717, 1.165) is 12.8 Å². The third-order valence-electron chi connectivity index (χ3n) is 4.91. The summed E-state index contributed by atoms with van der Waals surface area (Å²) in [7, 11) is -3.40. The summed E-state index contributed by atoms with van der Waals surface area (Å²) in [6, 6.07) is 6.66. The number of ether oxygens (including phenoxy) is 1. The zero-order chi connectivity index (χ0) is 19.3. The van der Waals surface area contributed by atoms with Crippen molar-refractivity contribution >= 4 is 27.5 Å². The number of halogens is 1. The molecule has 9 heteroatoms. The van der Waals surface area contributed by atoms with Crippen LogP contribution in [0.3, 0.4) is 0 Å². The number of carbonyl (C=O) groups excluding carboxylic acids is 1. The Kier molecular flexibility index (Phi) is 7.10. The largest absolute Gasteiger partial charge is 0.376 e. The Balaban J connectivity index is 1.69. The van der Waals surface area contributed by atoms with Crippen molar-refractivity contribution in [1.29, 1.82) is 0 Å². The van der Waals surface area contributed by atoms with Gasteiger partial charge in [0.1, 0.15) is 0 Å². The Labute approximate surface area is 165 Å². The third-order valence-corrected chi connectivity index (χ3v) is 7.02. The van der Waals surface area contributed by atoms with Gasteiger partial charge < -0.3 is 15.0 Å². The second-order valence-corrected chi connectivity index (χ2v) is 9.38. The number of hydrogen-bond donors (Lipinski definition) is 1. The molecule has 0 spiro atoms. The van der Waals surface area contributed by atoms with Gasteiger partial charge in [-0.3, -0.25) is 4.79 Å². The highest BCUT2D eigenvalue weighted by molar-refractivity contribution is 7.89. The summed E-state index contributed by atoms with van der Waals surface area (Å²) in [5, 5.41) is 3.70. The molecular formula is C18H26ClN3O4S. The van der Waals surface area contributed by atoms with E-state index in [9.17, 15) is 13.2 Å². The van der Waals surface area contributed by atoms with Crippen LogP contribution in [0.25, 0.3) is 0 Å². The van der Waals surface area contributed by atoms with Crippen molar-refractivity contribution in [2.24, 2.45) is 0 Å². The quantitative estimate of drug-likeness (QED) is 0.723. The lowest BCUT2D eigenvalue weighted by atomic mass is 10.1. The number of nitrogens with one attached hydrogen (secondary N) is 1. The highest BCUT2D eigenvalue weighted by Gasteiger charge is 2.28. The predicted octanol–water partition coefficient (Wildman–Crippen LogP) is 1.20. The minimum absolute atomic E-state index is 0.0388. The lowest BCUT2D eigenvalue weighted by molar-refractivity contribution is 0.0540. The molecule has 1 aromatic rings. The zero-order valence-corrected chi connectivity index (χ0v) is 16.8. The molecule has 2 aliphatic rings. The zero-order valence-electron chi connectivity index (χ0n) is 15.3. The predicted molar refractivity (Wildman–Crippen MR) is 105 cm³/mol. The van der Waals surface area contributed by atoms with E-state index in [-0.39, 0.29) is 24.3 Å². The number of piperazine rings is 1. The van der Waals surface area contributed by atoms with E-state index >= 15 is 0 Å². The van der Waals surface area contributed by atoms with Gasteiger partial charge in [-0.05, 0) is 37.1 Å². The van der Waals surface area contributed by atoms with E-state index in [1.165, 1.54) is 4.31 Å². The molecule has 0 radical (unpaired) electrons. The van der Waals surface area contributed by atoms with Crippen LogP contribution in [-0.2, 0) is 14.8 Å². The molecule has 2 fully saturated rings. The van der Waals surface area contributed by atoms with Crippen molar-refractivity contribution in [3.8, 4) is 0 Å². The van der Waals surface area contributed by atoms with Crippen molar-refractivity contribution in [2.45, 2.75) is 18.9 Å². The van der Waals surface area contributed by atoms with Crippen LogP contribution < -0.4 is 5.32 Å². The number of amides is 1. The first-order valence-corrected chi connectivity index (χ1v) is 11.3. The van der Waals surface area contributed by atoms with Crippen LogP contribution in [0.15, 0.2) is 24.3 Å². The second kappa shape index (κ2) is 9.34. The van der Waals surface area contributed by atoms with E-state index < -0.39 is 10.0 Å². The summed E-state index contributed by atoms with van der Waals surface area (Å²) >= 11 is 5.91. The molecule has 27 heavy (non-hydrogen) atoms. The number of hydrogen-bond acceptors (Lipinski definition) is 5. The first-order valence-electron chi connectivity index (χ1n) is 9.31. The Morgan fingerprint density at radius 3 is 2.59 bits per heavy atom. The lowest BCUT2D eigenvalue weighted by Crippen LogP contribution is -2.49. The van der Waals surface area contributed by atoms with Gasteiger partial charge in [-0.25, -0.2) is 8.42 Å². The number of benzene rings is 1. The van der Waals surface area contributed by atoms with E-state index in [2.05, 4.69) is 5.32 Å². The molecule has 3 rings (SSSR count). The average Bonchev–Trinajstić information content (AvgIpc) is 3.19. The van der Waals surface area contributed by atoms with Gasteiger partial charge >= 0.3 is 0 Å². The van der Waals surface area contributed by atoms with Gasteiger partial charge in [0.25, 0.3) is 5.91 Å². The number of rotatable bonds is 7. The summed E-state index contributed by atoms with van der Waals surface area (Å²) < 4.78 is 32.4. The van der Waals surface area contributed by atoms with Gasteiger partial charge in [0.2, 0.25) is 10.0 Å². The summed E-state index contributed by atoms with van der Waals surface area (Å²) in [4.78, 5) is 14.5. The SMILES string of the molecule is O=C(c1ccc(Cl)cc1)N(CCS(=O)(=O)N1CCNCC1)CC1CCCO1. The van der Waals surface area contributed by atoms with Crippen molar-refractivity contribution in [1.82, 2.24) is 14.5 Å². The molecule has 0 saturated carbocycles. The molecule has 1 aromatic carbocycles. The van der Waals surface area contributed by atoms with Crippen molar-refractivity contribution in [3.05, 3.63) is 34.9 Å². The Hall–Kier alpha value is -1.19. The second-order valence-electron chi connectivity index (χ2n) is 6.86. The topological polar surface area (TPSA) is 79.0 Å². The van der Waals surface area contributed by atoms with Gasteiger partial charge in [-0.15, -0.1) is 0 Å². The fourth-order valence-electron chi connectivity index (χ4n) is 3.36. The van der Waals surface area contributed by atoms with E-state index in [4.69, 9.17) is 16.3 Å². The van der Waals surface area contributed by atoms with Crippen LogP contribution in [0.5, 0.6) is 0 Å². The van der Waals surface area contributed by atoms with Crippen molar-refractivity contribution < 1.29 is 17.9 Å². The molecular weight excluding hydrogens is 390 g/mol. The first-order chi connectivity index (χ1) is 13.0. The molecule has 7 nitrogen and oxygen atoms in total. The molecule has 2 aliphatic heterocycles. The summed E-state index contributed by atoms with van der Waals surface area (Å²) in [6.45, 7) is 3.49. The molecule has 1 atom stereocenters. The van der Waals surface area contributed by atoms with Gasteiger partial charge in [-0.1, -0.05) is 11.6 Å². The maximum absolute atomic E-state index is 12.9. The minimum Gasteiger partial charge on any atom is -0.376 e. The molecule has 150 valence electrons. The van der Waals surface area contributed by atoms with Crippen molar-refractivity contribution in [3.63, 3.8) is 0 Å². The Bertz CT molecular complexity index is 729. The first kappa shape index (κ1) is 20.5. The highest BCUT2D eigenvalue weighted by Crippen LogP contribution is 2.17. The molecule has 1 N–H and O–H groups in total. The highest BCUT2D eigenvalue weighted by atomic mass is 35.5. The standard InChI is InChI=1S/C18H26ClN3O4S/c19-16-5-3-15(4-6-16)18(23)21(14-17-2-1-12-26-17)11-13-27(24,25)22-9-7-20-8-10-22/h3-6,17,20H,1-2,7-14H2. The lowest BCUT2D eigenvalue weighted by Gasteiger charge is -2.29. The molecule has 0 aliphatic carbocycles. The monoisotopic (exact) mass is 415 g/mol. The van der Waals surface area contributed by atoms with Crippen LogP contribution in [0.4, 0.5) is 0 Å². The number of sulfonamides is 1. The maximum atomic E-state index is 12.9. The molecule has 1 unspecified atom stereocenters. The van der Waals surface area contributed by atoms with Gasteiger partial charge in [0.15, 0.2) is 0 Å². The summed E-state index contributed by atoms with van der Waals surface area (Å²) in [6.07, 6.45) is 1.81. The van der Waals surface area contributed by atoms with Crippen molar-refractivity contribution in [2.75, 3.05) is 51.6 Å². The van der Waals surface area contributed by atoms with Crippen LogP contribution >= 0.6 is 11.6 Å². The smallest absolute Gasteiger partial charge is 0.253 e. The molecule has 2 heterocycles. The van der Waals surface area contributed by atoms with E-state index in [0.29, 0.717) is 49.9 Å². The Morgan fingerprint density at radius 2 is 1.96 bits per heavy atom. The Morgan fingerprint density at radius 1 is 1.26 bits per heavy atom. The van der Waals surface area contributed by atoms with Crippen LogP contribution in [0.2, 0.25) is 5.02 Å². The molecule has 0 aromatic heterocycles. The number of carbonyl (C=O) groups is 1. The average molecular weight is 416 g/mol. The van der Waals surface area contributed by atoms with Gasteiger partial charge in [-0.2, -0.15) is 4.31 Å². The normalized spacial score (nSPS) is 21.3. The molecule has 2 saturated heterocycles. The van der Waals surface area contributed by atoms with Crippen LogP contribution in [0.1, 0.15) is 23.2 Å².